The molecule has 0 amide bonds. The molecule has 1 unspecified atom stereocenters. The summed E-state index contributed by atoms with van der Waals surface area (Å²) in [4.78, 5) is 12.3. The molecule has 0 heterocycles. The Morgan fingerprint density at radius 3 is 0.950 bits per heavy atom. The number of rotatable bonds is 53. The summed E-state index contributed by atoms with van der Waals surface area (Å²) in [5, 5.41) is 9.67. The smallest absolute Gasteiger partial charge is 0.306 e. The van der Waals surface area contributed by atoms with Gasteiger partial charge in [-0.25, -0.2) is 0 Å². The van der Waals surface area contributed by atoms with Crippen molar-refractivity contribution >= 4 is 5.97 Å². The predicted octanol–water partition coefficient (Wildman–Crippen LogP) is 18.8. The molecule has 0 aliphatic rings. The van der Waals surface area contributed by atoms with Crippen molar-refractivity contribution in [1.29, 1.82) is 0 Å². The van der Waals surface area contributed by atoms with Crippen LogP contribution in [0.15, 0.2) is 12.2 Å². The number of unbranched alkanes of at least 4 members (excludes halogenated alkanes) is 43. The van der Waals surface area contributed by atoms with Crippen LogP contribution in [0.4, 0.5) is 0 Å². The number of aliphatic hydroxyl groups excluding tert-OH is 1. The summed E-state index contributed by atoms with van der Waals surface area (Å²) in [6.07, 6.45) is 67.6. The van der Waals surface area contributed by atoms with Gasteiger partial charge in [-0.2, -0.15) is 0 Å². The number of esters is 1. The molecule has 0 rings (SSSR count). The Balaban J connectivity index is 3.33. The lowest BCUT2D eigenvalue weighted by Gasteiger charge is -2.16. The van der Waals surface area contributed by atoms with Crippen LogP contribution in [0.2, 0.25) is 0 Å². The molecule has 4 nitrogen and oxygen atoms in total. The summed E-state index contributed by atoms with van der Waals surface area (Å²) in [5.74, 6) is -0.193. The van der Waals surface area contributed by atoms with E-state index in [4.69, 9.17) is 9.47 Å². The maximum atomic E-state index is 12.3. The van der Waals surface area contributed by atoms with Gasteiger partial charge in [0.25, 0.3) is 0 Å². The van der Waals surface area contributed by atoms with Gasteiger partial charge in [0.2, 0.25) is 0 Å². The predicted molar refractivity (Wildman–Crippen MR) is 265 cm³/mol. The lowest BCUT2D eigenvalue weighted by Crippen LogP contribution is -2.27. The summed E-state index contributed by atoms with van der Waals surface area (Å²) in [6.45, 7) is 5.41. The van der Waals surface area contributed by atoms with E-state index in [1.807, 2.05) is 0 Å². The third-order valence-electron chi connectivity index (χ3n) is 12.8. The van der Waals surface area contributed by atoms with Gasteiger partial charge in [0, 0.05) is 13.0 Å². The first kappa shape index (κ1) is 59.1. The maximum absolute atomic E-state index is 12.3. The summed E-state index contributed by atoms with van der Waals surface area (Å²) < 4.78 is 11.2. The van der Waals surface area contributed by atoms with Crippen LogP contribution in [-0.2, 0) is 14.3 Å². The molecule has 1 atom stereocenters. The minimum atomic E-state index is -0.530. The highest BCUT2D eigenvalue weighted by atomic mass is 16.6. The number of hydrogen-bond donors (Lipinski definition) is 1. The summed E-state index contributed by atoms with van der Waals surface area (Å²) in [5.41, 5.74) is 0. The Bertz CT molecular complexity index is 811. The second-order valence-electron chi connectivity index (χ2n) is 19.0. The highest BCUT2D eigenvalue weighted by molar-refractivity contribution is 5.69. The van der Waals surface area contributed by atoms with E-state index in [9.17, 15) is 9.90 Å². The van der Waals surface area contributed by atoms with Crippen molar-refractivity contribution < 1.29 is 19.4 Å². The lowest BCUT2D eigenvalue weighted by molar-refractivity contribution is -0.154. The molecule has 0 spiro atoms. The van der Waals surface area contributed by atoms with E-state index in [0.29, 0.717) is 19.6 Å². The summed E-state index contributed by atoms with van der Waals surface area (Å²) in [7, 11) is 0. The Labute approximate surface area is 377 Å². The normalized spacial score (nSPS) is 12.2. The first-order chi connectivity index (χ1) is 29.7. The minimum absolute atomic E-state index is 0.165. The number of allylic oxidation sites excluding steroid dienone is 2. The summed E-state index contributed by atoms with van der Waals surface area (Å²) >= 11 is 0. The van der Waals surface area contributed by atoms with E-state index in [1.54, 1.807) is 0 Å². The van der Waals surface area contributed by atoms with Gasteiger partial charge in [-0.1, -0.05) is 283 Å². The van der Waals surface area contributed by atoms with Crippen molar-refractivity contribution in [1.82, 2.24) is 0 Å². The van der Waals surface area contributed by atoms with Gasteiger partial charge in [0.1, 0.15) is 6.10 Å². The van der Waals surface area contributed by atoms with Gasteiger partial charge < -0.3 is 14.6 Å². The van der Waals surface area contributed by atoms with Gasteiger partial charge in [-0.05, 0) is 38.5 Å². The monoisotopic (exact) mass is 847 g/mol. The largest absolute Gasteiger partial charge is 0.457 e. The number of hydrogen-bond acceptors (Lipinski definition) is 4. The fourth-order valence-corrected chi connectivity index (χ4v) is 8.68. The second kappa shape index (κ2) is 54.3. The lowest BCUT2D eigenvalue weighted by atomic mass is 10.0. The fraction of sp³-hybridized carbons (Fsp3) is 0.946. The van der Waals surface area contributed by atoms with Crippen LogP contribution in [-0.4, -0.2) is 37.0 Å². The Hall–Kier alpha value is -0.870. The van der Waals surface area contributed by atoms with Crippen LogP contribution in [0.25, 0.3) is 0 Å². The minimum Gasteiger partial charge on any atom is -0.457 e. The molecule has 0 aromatic heterocycles. The third kappa shape index (κ3) is 51.5. The van der Waals surface area contributed by atoms with E-state index in [-0.39, 0.29) is 12.6 Å². The highest BCUT2D eigenvalue weighted by Crippen LogP contribution is 2.17. The molecule has 0 aliphatic carbocycles. The summed E-state index contributed by atoms with van der Waals surface area (Å²) in [6, 6.07) is 0. The number of aliphatic hydroxyl groups is 1. The number of carbonyl (C=O) groups excluding carboxylic acids is 1. The number of carbonyl (C=O) groups is 1. The van der Waals surface area contributed by atoms with Crippen LogP contribution in [0.5, 0.6) is 0 Å². The van der Waals surface area contributed by atoms with Crippen molar-refractivity contribution in [2.24, 2.45) is 0 Å². The van der Waals surface area contributed by atoms with Gasteiger partial charge in [0.05, 0.1) is 13.2 Å². The van der Waals surface area contributed by atoms with E-state index >= 15 is 0 Å². The molecule has 0 bridgehead atoms. The Morgan fingerprint density at radius 1 is 0.383 bits per heavy atom. The molecule has 358 valence electrons. The van der Waals surface area contributed by atoms with E-state index in [1.165, 1.54) is 276 Å². The molecule has 0 aromatic carbocycles. The first-order valence-electron chi connectivity index (χ1n) is 27.8. The molecule has 0 aliphatic heterocycles. The van der Waals surface area contributed by atoms with Crippen molar-refractivity contribution in [3.05, 3.63) is 12.2 Å². The van der Waals surface area contributed by atoms with Gasteiger partial charge in [0.15, 0.2) is 0 Å². The first-order valence-corrected chi connectivity index (χ1v) is 27.8. The van der Waals surface area contributed by atoms with Crippen molar-refractivity contribution in [2.45, 2.75) is 322 Å². The van der Waals surface area contributed by atoms with Crippen LogP contribution < -0.4 is 0 Å². The van der Waals surface area contributed by atoms with E-state index in [0.717, 1.165) is 19.3 Å². The molecule has 60 heavy (non-hydrogen) atoms. The number of ether oxygens (including phenoxy) is 2. The average Bonchev–Trinajstić information content (AvgIpc) is 3.25. The average molecular weight is 847 g/mol. The van der Waals surface area contributed by atoms with Gasteiger partial charge in [-0.15, -0.1) is 0 Å². The van der Waals surface area contributed by atoms with Crippen molar-refractivity contribution in [3.8, 4) is 0 Å². The third-order valence-corrected chi connectivity index (χ3v) is 12.8. The van der Waals surface area contributed by atoms with Gasteiger partial charge in [-0.3, -0.25) is 4.79 Å². The topological polar surface area (TPSA) is 55.8 Å². The van der Waals surface area contributed by atoms with Crippen LogP contribution >= 0.6 is 0 Å². The standard InChI is InChI=1S/C56H110O4/c1-3-5-7-9-11-13-15-17-19-21-23-25-27-28-30-32-34-36-38-40-42-44-46-48-50-52-59-54-55(53-57)60-56(58)51-49-47-45-43-41-39-37-35-33-31-29-26-24-22-20-18-16-14-12-10-8-6-4-2/h22,24,55,57H,3-21,23,25-54H2,1-2H3/b24-22-. The maximum Gasteiger partial charge on any atom is 0.306 e. The molecule has 1 N–H and O–H groups in total. The molecular formula is C56H110O4. The van der Waals surface area contributed by atoms with E-state index < -0.39 is 6.10 Å². The molecule has 0 saturated carbocycles. The fourth-order valence-electron chi connectivity index (χ4n) is 8.68. The molecule has 0 saturated heterocycles. The quantitative estimate of drug-likeness (QED) is 0.0376. The molecule has 0 aromatic rings. The second-order valence-corrected chi connectivity index (χ2v) is 19.0. The molecule has 0 fully saturated rings. The Morgan fingerprint density at radius 2 is 0.650 bits per heavy atom. The van der Waals surface area contributed by atoms with Crippen molar-refractivity contribution in [2.75, 3.05) is 19.8 Å². The van der Waals surface area contributed by atoms with E-state index in [2.05, 4.69) is 26.0 Å². The van der Waals surface area contributed by atoms with Crippen LogP contribution in [0.1, 0.15) is 316 Å². The molecule has 0 radical (unpaired) electrons. The highest BCUT2D eigenvalue weighted by Gasteiger charge is 2.13. The van der Waals surface area contributed by atoms with Crippen molar-refractivity contribution in [3.63, 3.8) is 0 Å². The zero-order valence-electron chi connectivity index (χ0n) is 41.3. The SMILES string of the molecule is CCCCCCCCCC/C=C\CCCCCCCCCCCCCC(=O)OC(CO)COCCCCCCCCCCCCCCCCCCCCCCCCCCC. The molecule has 4 heteroatoms. The zero-order chi connectivity index (χ0) is 43.3. The molecular weight excluding hydrogens is 737 g/mol. The van der Waals surface area contributed by atoms with Gasteiger partial charge >= 0.3 is 5.97 Å². The van der Waals surface area contributed by atoms with Crippen LogP contribution in [0.3, 0.4) is 0 Å². The Kier molecular flexibility index (Phi) is 53.5. The zero-order valence-corrected chi connectivity index (χ0v) is 41.3. The van der Waals surface area contributed by atoms with Crippen LogP contribution in [0, 0.1) is 0 Å².